The van der Waals surface area contributed by atoms with Gasteiger partial charge in [-0.2, -0.15) is 0 Å². The van der Waals surface area contributed by atoms with Crippen molar-refractivity contribution < 1.29 is 23.9 Å². The maximum atomic E-state index is 12.4. The molecule has 0 aliphatic carbocycles. The lowest BCUT2D eigenvalue weighted by molar-refractivity contribution is 0.0601. The number of para-hydroxylation sites is 1. The van der Waals surface area contributed by atoms with Crippen molar-refractivity contribution in [3.8, 4) is 0 Å². The van der Waals surface area contributed by atoms with Crippen LogP contribution in [0.5, 0.6) is 0 Å². The predicted molar refractivity (Wildman–Crippen MR) is 101 cm³/mol. The summed E-state index contributed by atoms with van der Waals surface area (Å²) >= 11 is 0. The van der Waals surface area contributed by atoms with E-state index in [9.17, 15) is 14.4 Å². The maximum absolute atomic E-state index is 12.4. The second-order valence-electron chi connectivity index (χ2n) is 5.67. The smallest absolute Gasteiger partial charge is 0.339 e. The zero-order valence-corrected chi connectivity index (χ0v) is 15.3. The quantitative estimate of drug-likeness (QED) is 0.550. The molecular weight excluding hydrogens is 348 g/mol. The van der Waals surface area contributed by atoms with Gasteiger partial charge in [-0.25, -0.2) is 4.79 Å². The van der Waals surface area contributed by atoms with Gasteiger partial charge in [-0.05, 0) is 42.8 Å². The van der Waals surface area contributed by atoms with E-state index in [1.54, 1.807) is 55.6 Å². The van der Waals surface area contributed by atoms with Gasteiger partial charge in [-0.15, -0.1) is 0 Å². The van der Waals surface area contributed by atoms with Gasteiger partial charge in [-0.1, -0.05) is 12.1 Å². The Morgan fingerprint density at radius 3 is 2.15 bits per heavy atom. The summed E-state index contributed by atoms with van der Waals surface area (Å²) in [6, 6.07) is 12.8. The van der Waals surface area contributed by atoms with Crippen LogP contribution in [0.25, 0.3) is 0 Å². The van der Waals surface area contributed by atoms with Crippen LogP contribution >= 0.6 is 0 Å². The summed E-state index contributed by atoms with van der Waals surface area (Å²) in [6.07, 6.45) is 0.725. The largest absolute Gasteiger partial charge is 0.465 e. The summed E-state index contributed by atoms with van der Waals surface area (Å²) in [6.45, 7) is 1.09. The molecule has 2 amide bonds. The Morgan fingerprint density at radius 1 is 0.889 bits per heavy atom. The number of ether oxygens (including phenoxy) is 2. The molecule has 7 nitrogen and oxygen atoms in total. The lowest BCUT2D eigenvalue weighted by Gasteiger charge is -2.10. The van der Waals surface area contributed by atoms with Gasteiger partial charge in [0.2, 0.25) is 0 Å². The van der Waals surface area contributed by atoms with Crippen LogP contribution in [0.2, 0.25) is 0 Å². The number of rotatable bonds is 8. The van der Waals surface area contributed by atoms with Crippen LogP contribution in [-0.4, -0.2) is 45.2 Å². The van der Waals surface area contributed by atoms with E-state index >= 15 is 0 Å². The van der Waals surface area contributed by atoms with Crippen LogP contribution in [0, 0.1) is 0 Å². The summed E-state index contributed by atoms with van der Waals surface area (Å²) in [5.41, 5.74) is 1.44. The highest BCUT2D eigenvalue weighted by molar-refractivity contribution is 6.08. The molecule has 0 aromatic heterocycles. The Labute approximate surface area is 157 Å². The number of carbonyl (C=O) groups excluding carboxylic acids is 3. The number of carbonyl (C=O) groups is 3. The molecule has 0 heterocycles. The molecule has 0 bridgehead atoms. The summed E-state index contributed by atoms with van der Waals surface area (Å²) in [5, 5.41) is 5.46. The van der Waals surface area contributed by atoms with Gasteiger partial charge in [0, 0.05) is 31.4 Å². The molecule has 2 rings (SSSR count). The zero-order valence-electron chi connectivity index (χ0n) is 15.3. The molecule has 0 unspecified atom stereocenters. The highest BCUT2D eigenvalue weighted by Crippen LogP contribution is 2.17. The summed E-state index contributed by atoms with van der Waals surface area (Å²) < 4.78 is 9.64. The highest BCUT2D eigenvalue weighted by atomic mass is 16.5. The van der Waals surface area contributed by atoms with E-state index in [2.05, 4.69) is 10.6 Å². The minimum absolute atomic E-state index is 0.214. The molecule has 0 saturated carbocycles. The Morgan fingerprint density at radius 2 is 1.52 bits per heavy atom. The van der Waals surface area contributed by atoms with Crippen molar-refractivity contribution in [3.63, 3.8) is 0 Å². The predicted octanol–water partition coefficient (Wildman–Crippen LogP) is 2.49. The molecule has 0 atom stereocenters. The van der Waals surface area contributed by atoms with Crippen LogP contribution in [0.15, 0.2) is 48.5 Å². The molecule has 0 spiro atoms. The minimum atomic E-state index is -0.536. The summed E-state index contributed by atoms with van der Waals surface area (Å²) in [7, 11) is 2.88. The standard InChI is InChI=1S/C20H22N2O5/c1-26-13-5-12-21-18(23)14-8-10-15(11-9-14)19(24)22-17-7-4-3-6-16(17)20(25)27-2/h3-4,6-11H,5,12-13H2,1-2H3,(H,21,23)(H,22,24). The van der Waals surface area contributed by atoms with Crippen LogP contribution in [0.3, 0.4) is 0 Å². The third-order valence-corrected chi connectivity index (χ3v) is 3.80. The van der Waals surface area contributed by atoms with E-state index in [1.165, 1.54) is 7.11 Å². The number of esters is 1. The maximum Gasteiger partial charge on any atom is 0.339 e. The van der Waals surface area contributed by atoms with Gasteiger partial charge in [0.1, 0.15) is 0 Å². The van der Waals surface area contributed by atoms with Gasteiger partial charge in [0.25, 0.3) is 11.8 Å². The molecule has 0 fully saturated rings. The van der Waals surface area contributed by atoms with E-state index in [1.807, 2.05) is 0 Å². The molecule has 0 radical (unpaired) electrons. The number of methoxy groups -OCH3 is 2. The fourth-order valence-corrected chi connectivity index (χ4v) is 2.37. The van der Waals surface area contributed by atoms with Crippen molar-refractivity contribution >= 4 is 23.5 Å². The van der Waals surface area contributed by atoms with Crippen molar-refractivity contribution in [1.29, 1.82) is 0 Å². The van der Waals surface area contributed by atoms with Gasteiger partial charge in [0.15, 0.2) is 0 Å². The number of hydrogen-bond donors (Lipinski definition) is 2. The van der Waals surface area contributed by atoms with Crippen LogP contribution in [0.4, 0.5) is 5.69 Å². The molecule has 7 heteroatoms. The second kappa shape index (κ2) is 10.1. The van der Waals surface area contributed by atoms with Crippen molar-refractivity contribution in [3.05, 3.63) is 65.2 Å². The highest BCUT2D eigenvalue weighted by Gasteiger charge is 2.14. The number of nitrogens with one attached hydrogen (secondary N) is 2. The third-order valence-electron chi connectivity index (χ3n) is 3.80. The van der Waals surface area contributed by atoms with Crippen molar-refractivity contribution in [2.75, 3.05) is 32.7 Å². The lowest BCUT2D eigenvalue weighted by atomic mass is 10.1. The van der Waals surface area contributed by atoms with Gasteiger partial charge < -0.3 is 20.1 Å². The average Bonchev–Trinajstić information content (AvgIpc) is 2.71. The molecule has 0 saturated heterocycles. The van der Waals surface area contributed by atoms with Gasteiger partial charge in [0.05, 0.1) is 18.4 Å². The zero-order chi connectivity index (χ0) is 19.6. The number of amides is 2. The van der Waals surface area contributed by atoms with E-state index in [0.29, 0.717) is 30.0 Å². The lowest BCUT2D eigenvalue weighted by Crippen LogP contribution is -2.25. The Kier molecular flexibility index (Phi) is 7.51. The molecule has 2 N–H and O–H groups in total. The van der Waals surface area contributed by atoms with Crippen molar-refractivity contribution in [2.45, 2.75) is 6.42 Å². The normalized spacial score (nSPS) is 10.1. The second-order valence-corrected chi connectivity index (χ2v) is 5.67. The van der Waals surface area contributed by atoms with E-state index in [0.717, 1.165) is 6.42 Å². The third kappa shape index (κ3) is 5.65. The average molecular weight is 370 g/mol. The van der Waals surface area contributed by atoms with Crippen molar-refractivity contribution in [1.82, 2.24) is 5.32 Å². The fraction of sp³-hybridized carbons (Fsp3) is 0.250. The van der Waals surface area contributed by atoms with E-state index < -0.39 is 11.9 Å². The molecule has 142 valence electrons. The molecule has 0 aliphatic heterocycles. The topological polar surface area (TPSA) is 93.7 Å². The number of anilines is 1. The van der Waals surface area contributed by atoms with Gasteiger partial charge >= 0.3 is 5.97 Å². The first-order valence-corrected chi connectivity index (χ1v) is 8.42. The summed E-state index contributed by atoms with van der Waals surface area (Å²) in [4.78, 5) is 36.2. The minimum Gasteiger partial charge on any atom is -0.465 e. The van der Waals surface area contributed by atoms with Crippen molar-refractivity contribution in [2.24, 2.45) is 0 Å². The molecular formula is C20H22N2O5. The first-order valence-electron chi connectivity index (χ1n) is 8.42. The Bertz CT molecular complexity index is 802. The number of hydrogen-bond acceptors (Lipinski definition) is 5. The van der Waals surface area contributed by atoms with Crippen LogP contribution in [-0.2, 0) is 9.47 Å². The summed E-state index contributed by atoms with van der Waals surface area (Å²) in [5.74, 6) is -1.14. The SMILES string of the molecule is COCCCNC(=O)c1ccc(C(=O)Nc2ccccc2C(=O)OC)cc1. The first-order chi connectivity index (χ1) is 13.1. The monoisotopic (exact) mass is 370 g/mol. The first kappa shape index (κ1) is 20.1. The van der Waals surface area contributed by atoms with E-state index in [-0.39, 0.29) is 11.5 Å². The van der Waals surface area contributed by atoms with Crippen LogP contribution < -0.4 is 10.6 Å². The molecule has 2 aromatic carbocycles. The molecule has 27 heavy (non-hydrogen) atoms. The number of benzene rings is 2. The molecule has 0 aliphatic rings. The Balaban J connectivity index is 2.02. The fourth-order valence-electron chi connectivity index (χ4n) is 2.37. The molecule has 2 aromatic rings. The van der Waals surface area contributed by atoms with Crippen LogP contribution in [0.1, 0.15) is 37.5 Å². The Hall–Kier alpha value is -3.19. The van der Waals surface area contributed by atoms with Gasteiger partial charge in [-0.3, -0.25) is 9.59 Å². The van der Waals surface area contributed by atoms with E-state index in [4.69, 9.17) is 9.47 Å².